The van der Waals surface area contributed by atoms with Crippen LogP contribution in [0.3, 0.4) is 0 Å². The molecule has 110 valence electrons. The summed E-state index contributed by atoms with van der Waals surface area (Å²) in [6.45, 7) is 12.2. The van der Waals surface area contributed by atoms with Gasteiger partial charge < -0.3 is 9.84 Å². The fraction of sp³-hybridized carbons (Fsp3) is 0.933. The monoisotopic (exact) mass is 269 g/mol. The van der Waals surface area contributed by atoms with E-state index in [0.29, 0.717) is 6.04 Å². The molecule has 19 heavy (non-hydrogen) atoms. The van der Waals surface area contributed by atoms with E-state index < -0.39 is 11.4 Å². The topological polar surface area (TPSA) is 49.8 Å². The lowest BCUT2D eigenvalue weighted by Gasteiger charge is -2.42. The van der Waals surface area contributed by atoms with Gasteiger partial charge in [-0.05, 0) is 67.0 Å². The highest BCUT2D eigenvalue weighted by Crippen LogP contribution is 2.42. The molecule has 2 heterocycles. The Morgan fingerprint density at radius 2 is 1.68 bits per heavy atom. The Morgan fingerprint density at radius 3 is 2.05 bits per heavy atom. The van der Waals surface area contributed by atoms with Gasteiger partial charge in [0.1, 0.15) is 0 Å². The van der Waals surface area contributed by atoms with Gasteiger partial charge in [-0.3, -0.25) is 9.69 Å². The molecule has 4 nitrogen and oxygen atoms in total. The average Bonchev–Trinajstić information content (AvgIpc) is 2.47. The van der Waals surface area contributed by atoms with E-state index in [2.05, 4.69) is 32.6 Å². The van der Waals surface area contributed by atoms with E-state index in [0.717, 1.165) is 32.4 Å². The molecule has 1 atom stereocenters. The Kier molecular flexibility index (Phi) is 3.47. The Labute approximate surface area is 116 Å². The smallest absolute Gasteiger partial charge is 0.309 e. The van der Waals surface area contributed by atoms with Crippen molar-refractivity contribution in [2.45, 2.75) is 71.1 Å². The van der Waals surface area contributed by atoms with Crippen molar-refractivity contribution in [3.63, 3.8) is 0 Å². The lowest BCUT2D eigenvalue weighted by Crippen LogP contribution is -2.52. The van der Waals surface area contributed by atoms with Gasteiger partial charge in [0.25, 0.3) is 0 Å². The van der Waals surface area contributed by atoms with Crippen LogP contribution >= 0.6 is 0 Å². The van der Waals surface area contributed by atoms with Crippen LogP contribution < -0.4 is 0 Å². The molecule has 0 bridgehead atoms. The largest absolute Gasteiger partial charge is 0.481 e. The van der Waals surface area contributed by atoms with Crippen LogP contribution in [-0.2, 0) is 9.53 Å². The molecule has 1 unspecified atom stereocenters. The molecule has 2 rings (SSSR count). The molecule has 0 aliphatic carbocycles. The minimum Gasteiger partial charge on any atom is -0.481 e. The first-order chi connectivity index (χ1) is 8.56. The molecule has 2 aliphatic rings. The van der Waals surface area contributed by atoms with Crippen molar-refractivity contribution in [2.24, 2.45) is 5.41 Å². The summed E-state index contributed by atoms with van der Waals surface area (Å²) in [7, 11) is 0. The van der Waals surface area contributed by atoms with Crippen LogP contribution in [0.1, 0.15) is 53.9 Å². The van der Waals surface area contributed by atoms with Gasteiger partial charge in [-0.1, -0.05) is 0 Å². The Hall–Kier alpha value is -0.610. The number of hydrogen-bond donors (Lipinski definition) is 1. The van der Waals surface area contributed by atoms with Gasteiger partial charge in [0.05, 0.1) is 16.6 Å². The van der Waals surface area contributed by atoms with Gasteiger partial charge in [-0.15, -0.1) is 0 Å². The normalized spacial score (nSPS) is 33.2. The predicted molar refractivity (Wildman–Crippen MR) is 74.2 cm³/mol. The van der Waals surface area contributed by atoms with Gasteiger partial charge in [0.2, 0.25) is 0 Å². The zero-order chi connectivity index (χ0) is 14.5. The fourth-order valence-corrected chi connectivity index (χ4v) is 3.65. The van der Waals surface area contributed by atoms with Gasteiger partial charge in [0, 0.05) is 6.04 Å². The summed E-state index contributed by atoms with van der Waals surface area (Å²) >= 11 is 0. The van der Waals surface area contributed by atoms with Crippen LogP contribution in [0.4, 0.5) is 0 Å². The lowest BCUT2D eigenvalue weighted by atomic mass is 9.79. The maximum Gasteiger partial charge on any atom is 0.309 e. The third kappa shape index (κ3) is 2.79. The first-order valence-electron chi connectivity index (χ1n) is 7.23. The highest BCUT2D eigenvalue weighted by molar-refractivity contribution is 5.74. The first kappa shape index (κ1) is 14.8. The van der Waals surface area contributed by atoms with E-state index in [4.69, 9.17) is 4.74 Å². The number of aliphatic carboxylic acids is 1. The first-order valence-corrected chi connectivity index (χ1v) is 7.23. The number of rotatable bonds is 2. The maximum atomic E-state index is 11.3. The summed E-state index contributed by atoms with van der Waals surface area (Å²) in [5.41, 5.74) is -0.780. The van der Waals surface area contributed by atoms with Gasteiger partial charge in [-0.25, -0.2) is 0 Å². The molecule has 2 fully saturated rings. The number of piperidine rings is 1. The Bertz CT molecular complexity index is 368. The quantitative estimate of drug-likeness (QED) is 0.837. The molecule has 4 heteroatoms. The molecule has 0 aromatic rings. The van der Waals surface area contributed by atoms with Crippen molar-refractivity contribution in [1.29, 1.82) is 0 Å². The maximum absolute atomic E-state index is 11.3. The minimum absolute atomic E-state index is 0.0816. The van der Waals surface area contributed by atoms with Crippen molar-refractivity contribution in [2.75, 3.05) is 13.1 Å². The van der Waals surface area contributed by atoms with Crippen molar-refractivity contribution in [3.8, 4) is 0 Å². The van der Waals surface area contributed by atoms with E-state index in [-0.39, 0.29) is 11.2 Å². The number of carbonyl (C=O) groups is 1. The van der Waals surface area contributed by atoms with Crippen LogP contribution in [0, 0.1) is 5.41 Å². The zero-order valence-electron chi connectivity index (χ0n) is 12.8. The molecular weight excluding hydrogens is 242 g/mol. The Balaban J connectivity index is 2.04. The highest BCUT2D eigenvalue weighted by atomic mass is 16.5. The Morgan fingerprint density at radius 1 is 1.16 bits per heavy atom. The second kappa shape index (κ2) is 4.45. The summed E-state index contributed by atoms with van der Waals surface area (Å²) in [5.74, 6) is -0.658. The van der Waals surface area contributed by atoms with Crippen LogP contribution in [0.25, 0.3) is 0 Å². The van der Waals surface area contributed by atoms with Crippen molar-refractivity contribution < 1.29 is 14.6 Å². The molecule has 2 aliphatic heterocycles. The summed E-state index contributed by atoms with van der Waals surface area (Å²) < 4.78 is 6.14. The van der Waals surface area contributed by atoms with Crippen LogP contribution in [0.15, 0.2) is 0 Å². The standard InChI is InChI=1S/C15H27NO3/c1-13(2)10-11(14(3,4)19-13)16-8-6-15(5,7-9-16)12(17)18/h11H,6-10H2,1-5H3,(H,17,18). The molecule has 1 N–H and O–H groups in total. The van der Waals surface area contributed by atoms with Crippen molar-refractivity contribution in [3.05, 3.63) is 0 Å². The van der Waals surface area contributed by atoms with Gasteiger partial charge in [-0.2, -0.15) is 0 Å². The van der Waals surface area contributed by atoms with E-state index in [1.54, 1.807) is 0 Å². The second-order valence-corrected chi connectivity index (χ2v) is 7.59. The van der Waals surface area contributed by atoms with Gasteiger partial charge >= 0.3 is 5.97 Å². The summed E-state index contributed by atoms with van der Waals surface area (Å²) in [5, 5.41) is 9.29. The summed E-state index contributed by atoms with van der Waals surface area (Å²) in [6.07, 6.45) is 2.48. The van der Waals surface area contributed by atoms with E-state index in [1.165, 1.54) is 0 Å². The molecule has 0 saturated carbocycles. The number of likely N-dealkylation sites (tertiary alicyclic amines) is 1. The molecule has 2 saturated heterocycles. The molecule has 0 spiro atoms. The second-order valence-electron chi connectivity index (χ2n) is 7.59. The van der Waals surface area contributed by atoms with Crippen LogP contribution in [0.5, 0.6) is 0 Å². The molecule has 0 aromatic heterocycles. The van der Waals surface area contributed by atoms with Crippen LogP contribution in [-0.4, -0.2) is 46.3 Å². The van der Waals surface area contributed by atoms with Crippen molar-refractivity contribution in [1.82, 2.24) is 4.90 Å². The lowest BCUT2D eigenvalue weighted by molar-refractivity contribution is -0.151. The molecule has 0 amide bonds. The molecule has 0 aromatic carbocycles. The fourth-order valence-electron chi connectivity index (χ4n) is 3.65. The van der Waals surface area contributed by atoms with E-state index in [9.17, 15) is 9.90 Å². The number of carboxylic acids is 1. The number of ether oxygens (including phenoxy) is 1. The zero-order valence-corrected chi connectivity index (χ0v) is 12.8. The number of carboxylic acid groups (broad SMARTS) is 1. The third-order valence-electron chi connectivity index (χ3n) is 4.89. The van der Waals surface area contributed by atoms with E-state index in [1.807, 2.05) is 6.92 Å². The van der Waals surface area contributed by atoms with Gasteiger partial charge in [0.15, 0.2) is 0 Å². The van der Waals surface area contributed by atoms with Crippen LogP contribution in [0.2, 0.25) is 0 Å². The summed E-state index contributed by atoms with van der Waals surface area (Å²) in [6, 6.07) is 0.390. The number of nitrogens with zero attached hydrogens (tertiary/aromatic N) is 1. The number of hydrogen-bond acceptors (Lipinski definition) is 3. The summed E-state index contributed by atoms with van der Waals surface area (Å²) in [4.78, 5) is 13.7. The van der Waals surface area contributed by atoms with E-state index >= 15 is 0 Å². The minimum atomic E-state index is -0.658. The highest BCUT2D eigenvalue weighted by Gasteiger charge is 2.50. The third-order valence-corrected chi connectivity index (χ3v) is 4.89. The average molecular weight is 269 g/mol. The molecule has 0 radical (unpaired) electrons. The van der Waals surface area contributed by atoms with Crippen molar-refractivity contribution >= 4 is 5.97 Å². The predicted octanol–water partition coefficient (Wildman–Crippen LogP) is 2.52. The molecular formula is C15H27NO3. The SMILES string of the molecule is CC1(C)CC(N2CCC(C)(C(=O)O)CC2)C(C)(C)O1.